The van der Waals surface area contributed by atoms with Gasteiger partial charge in [-0.3, -0.25) is 0 Å². The number of para-hydroxylation sites is 1. The summed E-state index contributed by atoms with van der Waals surface area (Å²) in [6.45, 7) is 0. The third-order valence-electron chi connectivity index (χ3n) is 3.39. The molecule has 1 fully saturated rings. The number of benzene rings is 1. The van der Waals surface area contributed by atoms with E-state index in [2.05, 4.69) is 15.9 Å². The minimum absolute atomic E-state index is 0.463. The van der Waals surface area contributed by atoms with Crippen molar-refractivity contribution in [3.8, 4) is 0 Å². The zero-order chi connectivity index (χ0) is 11.8. The summed E-state index contributed by atoms with van der Waals surface area (Å²) in [6, 6.07) is 7.87. The number of rotatable bonds is 4. The number of aliphatic hydroxyl groups excluding tert-OH is 1. The first-order chi connectivity index (χ1) is 8.24. The van der Waals surface area contributed by atoms with E-state index in [1.807, 2.05) is 24.3 Å². The monoisotopic (exact) mass is 294 g/mol. The summed E-state index contributed by atoms with van der Waals surface area (Å²) in [7, 11) is 0. The van der Waals surface area contributed by atoms with Gasteiger partial charge in [0.05, 0.1) is 4.47 Å². The van der Waals surface area contributed by atoms with Crippen LogP contribution in [0.2, 0.25) is 0 Å². The minimum Gasteiger partial charge on any atom is -0.457 e. The molecule has 1 heterocycles. The molecule has 17 heavy (non-hydrogen) atoms. The molecule has 1 aromatic carbocycles. The van der Waals surface area contributed by atoms with Crippen LogP contribution in [0.1, 0.15) is 37.5 Å². The van der Waals surface area contributed by atoms with Gasteiger partial charge in [-0.25, -0.2) is 0 Å². The molecule has 3 rings (SSSR count). The Labute approximate surface area is 109 Å². The Morgan fingerprint density at radius 3 is 2.94 bits per heavy atom. The van der Waals surface area contributed by atoms with Gasteiger partial charge in [0.2, 0.25) is 0 Å². The second kappa shape index (κ2) is 4.46. The Hall–Kier alpha value is -0.800. The van der Waals surface area contributed by atoms with E-state index < -0.39 is 6.10 Å². The molecule has 1 saturated carbocycles. The number of aliphatic hydroxyl groups is 1. The van der Waals surface area contributed by atoms with Gasteiger partial charge >= 0.3 is 0 Å². The van der Waals surface area contributed by atoms with E-state index in [1.54, 1.807) is 0 Å². The van der Waals surface area contributed by atoms with E-state index in [9.17, 15) is 5.11 Å². The summed E-state index contributed by atoms with van der Waals surface area (Å²) in [5.74, 6) is 1.54. The average molecular weight is 295 g/mol. The smallest absolute Gasteiger partial charge is 0.148 e. The van der Waals surface area contributed by atoms with E-state index in [-0.39, 0.29) is 0 Å². The van der Waals surface area contributed by atoms with E-state index in [0.717, 1.165) is 34.2 Å². The molecule has 0 aliphatic heterocycles. The lowest BCUT2D eigenvalue weighted by Gasteiger charge is -2.05. The quantitative estimate of drug-likeness (QED) is 0.905. The van der Waals surface area contributed by atoms with Crippen LogP contribution in [0.25, 0.3) is 11.0 Å². The summed E-state index contributed by atoms with van der Waals surface area (Å²) < 4.78 is 6.66. The van der Waals surface area contributed by atoms with Crippen LogP contribution in [-0.4, -0.2) is 5.11 Å². The third-order valence-corrected chi connectivity index (χ3v) is 4.01. The molecule has 1 atom stereocenters. The molecule has 1 aromatic heterocycles. The lowest BCUT2D eigenvalue weighted by molar-refractivity contribution is 0.138. The van der Waals surface area contributed by atoms with E-state index in [1.165, 1.54) is 12.8 Å². The number of hydrogen-bond donors (Lipinski definition) is 1. The predicted octanol–water partition coefficient (Wildman–Crippen LogP) is 4.42. The molecule has 1 aliphatic carbocycles. The van der Waals surface area contributed by atoms with E-state index in [0.29, 0.717) is 5.76 Å². The van der Waals surface area contributed by atoms with Gasteiger partial charge in [0.15, 0.2) is 0 Å². The lowest BCUT2D eigenvalue weighted by atomic mass is 10.1. The average Bonchev–Trinajstić information content (AvgIpc) is 3.04. The van der Waals surface area contributed by atoms with Crippen LogP contribution >= 0.6 is 15.9 Å². The summed E-state index contributed by atoms with van der Waals surface area (Å²) >= 11 is 3.46. The summed E-state index contributed by atoms with van der Waals surface area (Å²) in [5.41, 5.74) is 0.827. The second-order valence-electron chi connectivity index (χ2n) is 4.84. The fourth-order valence-corrected chi connectivity index (χ4v) is 2.62. The van der Waals surface area contributed by atoms with Crippen molar-refractivity contribution in [3.05, 3.63) is 34.5 Å². The maximum Gasteiger partial charge on any atom is 0.148 e. The molecule has 1 N–H and O–H groups in total. The highest BCUT2D eigenvalue weighted by atomic mass is 79.9. The Bertz CT molecular complexity index is 528. The number of hydrogen-bond acceptors (Lipinski definition) is 2. The zero-order valence-electron chi connectivity index (χ0n) is 9.53. The molecule has 2 nitrogen and oxygen atoms in total. The molecule has 0 bridgehead atoms. The fraction of sp³-hybridized carbons (Fsp3) is 0.429. The fourth-order valence-electron chi connectivity index (χ4n) is 2.15. The maximum absolute atomic E-state index is 10.1. The molecule has 0 saturated heterocycles. The van der Waals surface area contributed by atoms with Gasteiger partial charge in [0, 0.05) is 5.39 Å². The number of fused-ring (bicyclic) bond motifs is 1. The SMILES string of the molecule is OC(CCC1CC1)c1cc2cccc(Br)c2o1. The molecule has 1 unspecified atom stereocenters. The Kier molecular flexibility index (Phi) is 2.97. The van der Waals surface area contributed by atoms with Gasteiger partial charge in [-0.15, -0.1) is 0 Å². The van der Waals surface area contributed by atoms with Crippen molar-refractivity contribution in [2.24, 2.45) is 5.92 Å². The number of halogens is 1. The summed E-state index contributed by atoms with van der Waals surface area (Å²) in [4.78, 5) is 0. The molecule has 90 valence electrons. The highest BCUT2D eigenvalue weighted by molar-refractivity contribution is 9.10. The molecule has 0 radical (unpaired) electrons. The van der Waals surface area contributed by atoms with Crippen LogP contribution in [0.5, 0.6) is 0 Å². The summed E-state index contributed by atoms with van der Waals surface area (Å²) in [5, 5.41) is 11.1. The van der Waals surface area contributed by atoms with Crippen molar-refractivity contribution in [1.29, 1.82) is 0 Å². The largest absolute Gasteiger partial charge is 0.457 e. The van der Waals surface area contributed by atoms with Gasteiger partial charge in [-0.05, 0) is 46.8 Å². The van der Waals surface area contributed by atoms with Crippen LogP contribution in [0.3, 0.4) is 0 Å². The van der Waals surface area contributed by atoms with Crippen molar-refractivity contribution < 1.29 is 9.52 Å². The molecule has 2 aromatic rings. The Morgan fingerprint density at radius 1 is 1.41 bits per heavy atom. The van der Waals surface area contributed by atoms with Crippen molar-refractivity contribution in [2.45, 2.75) is 31.8 Å². The first-order valence-electron chi connectivity index (χ1n) is 6.10. The maximum atomic E-state index is 10.1. The van der Waals surface area contributed by atoms with Crippen molar-refractivity contribution >= 4 is 26.9 Å². The van der Waals surface area contributed by atoms with Crippen LogP contribution in [0, 0.1) is 5.92 Å². The van der Waals surface area contributed by atoms with Crippen molar-refractivity contribution in [1.82, 2.24) is 0 Å². The van der Waals surface area contributed by atoms with Gasteiger partial charge in [0.1, 0.15) is 17.4 Å². The van der Waals surface area contributed by atoms with Crippen LogP contribution in [0.15, 0.2) is 33.2 Å². The Balaban J connectivity index is 1.81. The van der Waals surface area contributed by atoms with E-state index in [4.69, 9.17) is 4.42 Å². The zero-order valence-corrected chi connectivity index (χ0v) is 11.1. The molecule has 0 spiro atoms. The lowest BCUT2D eigenvalue weighted by Crippen LogP contribution is -1.95. The topological polar surface area (TPSA) is 33.4 Å². The van der Waals surface area contributed by atoms with Crippen LogP contribution in [-0.2, 0) is 0 Å². The summed E-state index contributed by atoms with van der Waals surface area (Å²) in [6.07, 6.45) is 4.12. The normalized spacial score (nSPS) is 17.5. The van der Waals surface area contributed by atoms with Gasteiger partial charge in [-0.2, -0.15) is 0 Å². The number of furan rings is 1. The molecule has 1 aliphatic rings. The molecule has 3 heteroatoms. The van der Waals surface area contributed by atoms with Crippen molar-refractivity contribution in [3.63, 3.8) is 0 Å². The highest BCUT2D eigenvalue weighted by Crippen LogP contribution is 2.37. The van der Waals surface area contributed by atoms with Crippen LogP contribution in [0.4, 0.5) is 0 Å². The van der Waals surface area contributed by atoms with Gasteiger partial charge < -0.3 is 9.52 Å². The van der Waals surface area contributed by atoms with Gasteiger partial charge in [0.25, 0.3) is 0 Å². The molecular formula is C14H15BrO2. The van der Waals surface area contributed by atoms with Crippen LogP contribution < -0.4 is 0 Å². The van der Waals surface area contributed by atoms with E-state index >= 15 is 0 Å². The second-order valence-corrected chi connectivity index (χ2v) is 5.70. The Morgan fingerprint density at radius 2 is 2.24 bits per heavy atom. The highest BCUT2D eigenvalue weighted by Gasteiger charge is 2.23. The predicted molar refractivity (Wildman–Crippen MR) is 70.8 cm³/mol. The first kappa shape index (κ1) is 11.3. The first-order valence-corrected chi connectivity index (χ1v) is 6.89. The van der Waals surface area contributed by atoms with Crippen molar-refractivity contribution in [2.75, 3.05) is 0 Å². The molecule has 0 amide bonds. The standard InChI is InChI=1S/C14H15BrO2/c15-11-3-1-2-10-8-13(17-14(10)11)12(16)7-6-9-4-5-9/h1-3,8-9,12,16H,4-7H2. The molecular weight excluding hydrogens is 280 g/mol. The third kappa shape index (κ3) is 2.40. The van der Waals surface area contributed by atoms with Gasteiger partial charge in [-0.1, -0.05) is 25.0 Å². The minimum atomic E-state index is -0.463.